The fourth-order valence-corrected chi connectivity index (χ4v) is 3.01. The molecule has 0 aliphatic heterocycles. The van der Waals surface area contributed by atoms with E-state index >= 15 is 0 Å². The molecule has 0 unspecified atom stereocenters. The molecule has 0 spiro atoms. The Balaban J connectivity index is 1.56. The quantitative estimate of drug-likeness (QED) is 0.526. The highest BCUT2D eigenvalue weighted by molar-refractivity contribution is 5.97. The monoisotopic (exact) mass is 390 g/mol. The van der Waals surface area contributed by atoms with Crippen molar-refractivity contribution in [3.05, 3.63) is 76.4 Å². The molecule has 146 valence electrons. The van der Waals surface area contributed by atoms with Crippen molar-refractivity contribution in [2.75, 3.05) is 7.11 Å². The highest BCUT2D eigenvalue weighted by Gasteiger charge is 2.16. The van der Waals surface area contributed by atoms with E-state index in [0.29, 0.717) is 22.4 Å². The molecule has 8 nitrogen and oxygen atoms in total. The van der Waals surface area contributed by atoms with Gasteiger partial charge < -0.3 is 14.5 Å². The Morgan fingerprint density at radius 1 is 1.17 bits per heavy atom. The molecule has 0 saturated carbocycles. The van der Waals surface area contributed by atoms with Crippen molar-refractivity contribution in [1.29, 1.82) is 0 Å². The first-order valence-electron chi connectivity index (χ1n) is 8.90. The number of ether oxygens (including phenoxy) is 1. The Morgan fingerprint density at radius 2 is 2.03 bits per heavy atom. The second-order valence-corrected chi connectivity index (χ2v) is 6.37. The molecule has 0 aliphatic carbocycles. The number of amides is 1. The molecule has 8 heteroatoms. The van der Waals surface area contributed by atoms with E-state index in [0.717, 1.165) is 11.4 Å². The molecule has 3 heterocycles. The van der Waals surface area contributed by atoms with Crippen LogP contribution in [0.25, 0.3) is 22.4 Å². The van der Waals surface area contributed by atoms with Gasteiger partial charge in [-0.1, -0.05) is 18.2 Å². The highest BCUT2D eigenvalue weighted by atomic mass is 16.5. The van der Waals surface area contributed by atoms with Crippen LogP contribution in [0.2, 0.25) is 0 Å². The molecule has 1 aromatic carbocycles. The smallest absolute Gasteiger partial charge is 0.349 e. The second kappa shape index (κ2) is 7.59. The van der Waals surface area contributed by atoms with E-state index in [2.05, 4.69) is 15.4 Å². The number of carbonyl (C=O) groups is 1. The third-order valence-corrected chi connectivity index (χ3v) is 4.52. The first-order chi connectivity index (χ1) is 14.1. The van der Waals surface area contributed by atoms with Crippen LogP contribution in [-0.4, -0.2) is 27.8 Å². The molecule has 4 aromatic rings. The van der Waals surface area contributed by atoms with Crippen molar-refractivity contribution in [1.82, 2.24) is 20.1 Å². The summed E-state index contributed by atoms with van der Waals surface area (Å²) < 4.78 is 12.2. The van der Waals surface area contributed by atoms with E-state index in [4.69, 9.17) is 9.15 Å². The standard InChI is InChI=1S/C21H18N4O4/c1-25-14(11-17(24-25)16-7-3-4-9-22-16)12-23-20(26)15-10-13-6-5-8-18(28-2)19(13)29-21(15)27/h3-11H,12H2,1-2H3,(H,23,26). The number of hydrogen-bond donors (Lipinski definition) is 1. The number of methoxy groups -OCH3 is 1. The second-order valence-electron chi connectivity index (χ2n) is 6.37. The Morgan fingerprint density at radius 3 is 2.79 bits per heavy atom. The number of benzene rings is 1. The van der Waals surface area contributed by atoms with Gasteiger partial charge in [0.25, 0.3) is 5.91 Å². The van der Waals surface area contributed by atoms with E-state index in [1.807, 2.05) is 24.3 Å². The maximum absolute atomic E-state index is 12.6. The molecule has 0 atom stereocenters. The van der Waals surface area contributed by atoms with Crippen LogP contribution in [0.5, 0.6) is 5.75 Å². The SMILES string of the molecule is COc1cccc2cc(C(=O)NCc3cc(-c4ccccn4)nn3C)c(=O)oc12. The third-order valence-electron chi connectivity index (χ3n) is 4.52. The van der Waals surface area contributed by atoms with Crippen LogP contribution in [0.1, 0.15) is 16.1 Å². The van der Waals surface area contributed by atoms with Crippen molar-refractivity contribution in [3.8, 4) is 17.1 Å². The van der Waals surface area contributed by atoms with Gasteiger partial charge in [0.15, 0.2) is 11.3 Å². The lowest BCUT2D eigenvalue weighted by Crippen LogP contribution is -2.28. The van der Waals surface area contributed by atoms with Crippen molar-refractivity contribution in [2.24, 2.45) is 7.05 Å². The number of nitrogens with one attached hydrogen (secondary N) is 1. The molecular weight excluding hydrogens is 372 g/mol. The molecule has 0 aliphatic rings. The van der Waals surface area contributed by atoms with Gasteiger partial charge in [-0.05, 0) is 30.3 Å². The fraction of sp³-hybridized carbons (Fsp3) is 0.143. The minimum Gasteiger partial charge on any atom is -0.493 e. The predicted molar refractivity (Wildman–Crippen MR) is 107 cm³/mol. The van der Waals surface area contributed by atoms with Gasteiger partial charge in [-0.2, -0.15) is 5.10 Å². The topological polar surface area (TPSA) is 99.2 Å². The molecular formula is C21H18N4O4. The van der Waals surface area contributed by atoms with Gasteiger partial charge in [0.2, 0.25) is 0 Å². The van der Waals surface area contributed by atoms with Crippen LogP contribution in [0.3, 0.4) is 0 Å². The summed E-state index contributed by atoms with van der Waals surface area (Å²) in [6, 6.07) is 14.1. The van der Waals surface area contributed by atoms with Crippen molar-refractivity contribution in [3.63, 3.8) is 0 Å². The van der Waals surface area contributed by atoms with Crippen LogP contribution in [-0.2, 0) is 13.6 Å². The number of aryl methyl sites for hydroxylation is 1. The van der Waals surface area contributed by atoms with Gasteiger partial charge in [-0.3, -0.25) is 14.5 Å². The summed E-state index contributed by atoms with van der Waals surface area (Å²) in [5.41, 5.74) is 1.73. The average molecular weight is 390 g/mol. The summed E-state index contributed by atoms with van der Waals surface area (Å²) in [6.45, 7) is 0.199. The van der Waals surface area contributed by atoms with Crippen LogP contribution in [0.15, 0.2) is 63.9 Å². The Kier molecular flexibility index (Phi) is 4.82. The van der Waals surface area contributed by atoms with Gasteiger partial charge >= 0.3 is 5.63 Å². The van der Waals surface area contributed by atoms with E-state index < -0.39 is 11.5 Å². The number of rotatable bonds is 5. The van der Waals surface area contributed by atoms with E-state index in [-0.39, 0.29) is 12.1 Å². The minimum absolute atomic E-state index is 0.0714. The van der Waals surface area contributed by atoms with Crippen molar-refractivity contribution in [2.45, 2.75) is 6.54 Å². The first kappa shape index (κ1) is 18.4. The molecule has 0 saturated heterocycles. The van der Waals surface area contributed by atoms with Gasteiger partial charge in [-0.15, -0.1) is 0 Å². The number of pyridine rings is 1. The van der Waals surface area contributed by atoms with Crippen molar-refractivity contribution < 1.29 is 13.9 Å². The summed E-state index contributed by atoms with van der Waals surface area (Å²) in [5, 5.41) is 7.77. The maximum atomic E-state index is 12.6. The van der Waals surface area contributed by atoms with Crippen molar-refractivity contribution >= 4 is 16.9 Å². The number of fused-ring (bicyclic) bond motifs is 1. The van der Waals surface area contributed by atoms with Gasteiger partial charge in [0, 0.05) is 18.6 Å². The van der Waals surface area contributed by atoms with E-state index in [1.165, 1.54) is 13.2 Å². The van der Waals surface area contributed by atoms with Gasteiger partial charge in [-0.25, -0.2) is 4.79 Å². The Labute approximate surface area is 165 Å². The molecule has 0 radical (unpaired) electrons. The van der Waals surface area contributed by atoms with E-state index in [9.17, 15) is 9.59 Å². The largest absolute Gasteiger partial charge is 0.493 e. The van der Waals surface area contributed by atoms with Crippen LogP contribution in [0.4, 0.5) is 0 Å². The minimum atomic E-state index is -0.723. The zero-order chi connectivity index (χ0) is 20.4. The van der Waals surface area contributed by atoms with Crippen LogP contribution < -0.4 is 15.7 Å². The number of carbonyl (C=O) groups excluding carboxylic acids is 1. The highest BCUT2D eigenvalue weighted by Crippen LogP contribution is 2.24. The molecule has 4 rings (SSSR count). The predicted octanol–water partition coefficient (Wildman–Crippen LogP) is 2.53. The number of nitrogens with zero attached hydrogens (tertiary/aromatic N) is 3. The lowest BCUT2D eigenvalue weighted by Gasteiger charge is -2.07. The zero-order valence-electron chi connectivity index (χ0n) is 15.9. The number of aromatic nitrogens is 3. The molecule has 0 bridgehead atoms. The lowest BCUT2D eigenvalue weighted by molar-refractivity contribution is 0.0946. The zero-order valence-corrected chi connectivity index (χ0v) is 15.9. The summed E-state index contributed by atoms with van der Waals surface area (Å²) in [6.07, 6.45) is 1.69. The van der Waals surface area contributed by atoms with Crippen LogP contribution in [0, 0.1) is 0 Å². The summed E-state index contributed by atoms with van der Waals surface area (Å²) in [5.74, 6) is -0.0902. The lowest BCUT2D eigenvalue weighted by atomic mass is 10.1. The maximum Gasteiger partial charge on any atom is 0.349 e. The Hall–Kier alpha value is -3.94. The number of para-hydroxylation sites is 1. The third kappa shape index (κ3) is 3.60. The fourth-order valence-electron chi connectivity index (χ4n) is 3.01. The Bertz CT molecular complexity index is 1240. The van der Waals surface area contributed by atoms with Gasteiger partial charge in [0.1, 0.15) is 11.3 Å². The summed E-state index contributed by atoms with van der Waals surface area (Å²) in [7, 11) is 3.27. The normalized spacial score (nSPS) is 10.8. The summed E-state index contributed by atoms with van der Waals surface area (Å²) in [4.78, 5) is 29.2. The average Bonchev–Trinajstić information content (AvgIpc) is 3.12. The molecule has 0 fully saturated rings. The first-order valence-corrected chi connectivity index (χ1v) is 8.90. The van der Waals surface area contributed by atoms with Gasteiger partial charge in [0.05, 0.1) is 25.0 Å². The number of hydrogen-bond acceptors (Lipinski definition) is 6. The molecule has 29 heavy (non-hydrogen) atoms. The molecule has 1 N–H and O–H groups in total. The molecule has 3 aromatic heterocycles. The van der Waals surface area contributed by atoms with E-state index in [1.54, 1.807) is 36.1 Å². The summed E-state index contributed by atoms with van der Waals surface area (Å²) >= 11 is 0. The van der Waals surface area contributed by atoms with Crippen LogP contribution >= 0.6 is 0 Å². The molecule has 1 amide bonds.